The van der Waals surface area contributed by atoms with E-state index < -0.39 is 0 Å². The van der Waals surface area contributed by atoms with Gasteiger partial charge in [0.2, 0.25) is 0 Å². The average molecular weight is 268 g/mol. The predicted molar refractivity (Wildman–Crippen MR) is 77.6 cm³/mol. The first-order chi connectivity index (χ1) is 9.83. The van der Waals surface area contributed by atoms with Gasteiger partial charge in [-0.25, -0.2) is 10.8 Å². The zero-order valence-corrected chi connectivity index (χ0v) is 11.0. The molecule has 2 aromatic heterocycles. The van der Waals surface area contributed by atoms with E-state index in [1.807, 2.05) is 30.5 Å². The molecule has 0 saturated heterocycles. The van der Waals surface area contributed by atoms with Crippen LogP contribution in [-0.2, 0) is 6.54 Å². The van der Waals surface area contributed by atoms with Crippen LogP contribution in [0.5, 0.6) is 0 Å². The summed E-state index contributed by atoms with van der Waals surface area (Å²) >= 11 is 0. The van der Waals surface area contributed by atoms with Gasteiger partial charge in [0.05, 0.1) is 12.5 Å². The summed E-state index contributed by atoms with van der Waals surface area (Å²) in [4.78, 5) is 10.3. The number of pyridine rings is 2. The molecule has 102 valence electrons. The number of nitrogen functional groups attached to an aromatic ring is 1. The van der Waals surface area contributed by atoms with Gasteiger partial charge in [0.1, 0.15) is 5.82 Å². The van der Waals surface area contributed by atoms with Crippen molar-refractivity contribution in [2.45, 2.75) is 13.0 Å². The van der Waals surface area contributed by atoms with E-state index in [1.54, 1.807) is 12.4 Å². The molecule has 2 heterocycles. The lowest BCUT2D eigenvalue weighted by atomic mass is 10.2. The Morgan fingerprint density at radius 3 is 2.95 bits per heavy atom. The molecule has 20 heavy (non-hydrogen) atoms. The highest BCUT2D eigenvalue weighted by Crippen LogP contribution is 2.19. The van der Waals surface area contributed by atoms with E-state index in [2.05, 4.69) is 26.4 Å². The van der Waals surface area contributed by atoms with Crippen molar-refractivity contribution in [1.82, 2.24) is 9.97 Å². The summed E-state index contributed by atoms with van der Waals surface area (Å²) in [5.41, 5.74) is 4.58. The SMILES string of the molecule is N#CCCN(Cc1cccnc1)c1ccnc(NN)c1. The maximum atomic E-state index is 8.80. The molecule has 0 amide bonds. The fourth-order valence-electron chi connectivity index (χ4n) is 1.89. The number of nitriles is 1. The summed E-state index contributed by atoms with van der Waals surface area (Å²) < 4.78 is 0. The number of hydrogen-bond acceptors (Lipinski definition) is 6. The second-order valence-electron chi connectivity index (χ2n) is 4.23. The Morgan fingerprint density at radius 1 is 1.35 bits per heavy atom. The molecule has 0 unspecified atom stereocenters. The van der Waals surface area contributed by atoms with E-state index in [0.29, 0.717) is 25.3 Å². The molecule has 0 aliphatic carbocycles. The molecule has 0 aliphatic rings. The van der Waals surface area contributed by atoms with Crippen LogP contribution in [0.2, 0.25) is 0 Å². The minimum absolute atomic E-state index is 0.452. The first-order valence-electron chi connectivity index (χ1n) is 6.27. The van der Waals surface area contributed by atoms with Crippen molar-refractivity contribution < 1.29 is 0 Å². The highest BCUT2D eigenvalue weighted by molar-refractivity contribution is 5.53. The van der Waals surface area contributed by atoms with Gasteiger partial charge in [-0.05, 0) is 17.7 Å². The Bertz CT molecular complexity index is 578. The fraction of sp³-hybridized carbons (Fsp3) is 0.214. The molecule has 0 saturated carbocycles. The largest absolute Gasteiger partial charge is 0.366 e. The molecule has 0 radical (unpaired) electrons. The van der Waals surface area contributed by atoms with E-state index in [4.69, 9.17) is 11.1 Å². The van der Waals surface area contributed by atoms with Gasteiger partial charge >= 0.3 is 0 Å². The van der Waals surface area contributed by atoms with Gasteiger partial charge in [-0.1, -0.05) is 6.07 Å². The Balaban J connectivity index is 2.20. The van der Waals surface area contributed by atoms with Crippen LogP contribution in [0.1, 0.15) is 12.0 Å². The number of anilines is 2. The van der Waals surface area contributed by atoms with Crippen molar-refractivity contribution in [3.8, 4) is 6.07 Å². The maximum Gasteiger partial charge on any atom is 0.141 e. The van der Waals surface area contributed by atoms with Crippen molar-refractivity contribution >= 4 is 11.5 Å². The van der Waals surface area contributed by atoms with Gasteiger partial charge in [0.25, 0.3) is 0 Å². The second-order valence-corrected chi connectivity index (χ2v) is 4.23. The predicted octanol–water partition coefficient (Wildman–Crippen LogP) is 1.68. The number of aromatic nitrogens is 2. The van der Waals surface area contributed by atoms with Crippen molar-refractivity contribution in [2.24, 2.45) is 5.84 Å². The van der Waals surface area contributed by atoms with E-state index >= 15 is 0 Å². The molecule has 0 spiro atoms. The van der Waals surface area contributed by atoms with Crippen molar-refractivity contribution in [1.29, 1.82) is 5.26 Å². The molecule has 0 fully saturated rings. The Hall–Kier alpha value is -2.65. The van der Waals surface area contributed by atoms with Gasteiger partial charge in [-0.3, -0.25) is 4.98 Å². The van der Waals surface area contributed by atoms with Crippen LogP contribution in [0.25, 0.3) is 0 Å². The van der Waals surface area contributed by atoms with Crippen LogP contribution in [0, 0.1) is 11.3 Å². The topological polar surface area (TPSA) is 90.9 Å². The van der Waals surface area contributed by atoms with Crippen LogP contribution in [0.15, 0.2) is 42.9 Å². The lowest BCUT2D eigenvalue weighted by molar-refractivity contribution is 0.794. The molecule has 2 aromatic rings. The molecular formula is C14H16N6. The van der Waals surface area contributed by atoms with Gasteiger partial charge in [0.15, 0.2) is 0 Å². The van der Waals surface area contributed by atoms with E-state index in [0.717, 1.165) is 11.3 Å². The quantitative estimate of drug-likeness (QED) is 0.612. The highest BCUT2D eigenvalue weighted by atomic mass is 15.2. The summed E-state index contributed by atoms with van der Waals surface area (Å²) in [6.07, 6.45) is 5.70. The lowest BCUT2D eigenvalue weighted by Crippen LogP contribution is -2.24. The maximum absolute atomic E-state index is 8.80. The monoisotopic (exact) mass is 268 g/mol. The lowest BCUT2D eigenvalue weighted by Gasteiger charge is -2.24. The summed E-state index contributed by atoms with van der Waals surface area (Å²) in [7, 11) is 0. The van der Waals surface area contributed by atoms with Crippen LogP contribution in [0.3, 0.4) is 0 Å². The first-order valence-corrected chi connectivity index (χ1v) is 6.27. The van der Waals surface area contributed by atoms with Gasteiger partial charge in [0, 0.05) is 43.4 Å². The van der Waals surface area contributed by atoms with E-state index in [9.17, 15) is 0 Å². The van der Waals surface area contributed by atoms with Gasteiger partial charge < -0.3 is 10.3 Å². The normalized spacial score (nSPS) is 9.80. The smallest absolute Gasteiger partial charge is 0.141 e. The summed E-state index contributed by atoms with van der Waals surface area (Å²) in [6, 6.07) is 9.83. The zero-order chi connectivity index (χ0) is 14.2. The molecule has 0 atom stereocenters. The number of hydrogen-bond donors (Lipinski definition) is 2. The molecule has 6 heteroatoms. The Labute approximate surface area is 117 Å². The first kappa shape index (κ1) is 13.8. The number of nitrogens with one attached hydrogen (secondary N) is 1. The third kappa shape index (κ3) is 3.67. The Kier molecular flexibility index (Phi) is 4.87. The van der Waals surface area contributed by atoms with Crippen LogP contribution in [0.4, 0.5) is 11.5 Å². The summed E-state index contributed by atoms with van der Waals surface area (Å²) in [6.45, 7) is 1.32. The highest BCUT2D eigenvalue weighted by Gasteiger charge is 2.08. The number of nitrogens with two attached hydrogens (primary N) is 1. The Morgan fingerprint density at radius 2 is 2.25 bits per heavy atom. The summed E-state index contributed by atoms with van der Waals surface area (Å²) in [5.74, 6) is 5.97. The van der Waals surface area contributed by atoms with Crippen LogP contribution < -0.4 is 16.2 Å². The zero-order valence-electron chi connectivity index (χ0n) is 11.0. The van der Waals surface area contributed by atoms with Gasteiger partial charge in [-0.15, -0.1) is 0 Å². The molecule has 6 nitrogen and oxygen atoms in total. The molecule has 0 aliphatic heterocycles. The molecule has 3 N–H and O–H groups in total. The molecular weight excluding hydrogens is 252 g/mol. The van der Waals surface area contributed by atoms with Crippen LogP contribution in [-0.4, -0.2) is 16.5 Å². The third-order valence-electron chi connectivity index (χ3n) is 2.85. The van der Waals surface area contributed by atoms with Gasteiger partial charge in [-0.2, -0.15) is 5.26 Å². The molecule has 0 bridgehead atoms. The van der Waals surface area contributed by atoms with Crippen LogP contribution >= 0.6 is 0 Å². The number of nitrogens with zero attached hydrogens (tertiary/aromatic N) is 4. The molecule has 0 aromatic carbocycles. The minimum atomic E-state index is 0.452. The molecule has 2 rings (SSSR count). The van der Waals surface area contributed by atoms with Crippen molar-refractivity contribution in [3.63, 3.8) is 0 Å². The van der Waals surface area contributed by atoms with E-state index in [-0.39, 0.29) is 0 Å². The van der Waals surface area contributed by atoms with Crippen molar-refractivity contribution in [2.75, 3.05) is 16.9 Å². The second kappa shape index (κ2) is 7.07. The number of hydrazine groups is 1. The number of rotatable bonds is 6. The summed E-state index contributed by atoms with van der Waals surface area (Å²) in [5, 5.41) is 8.80. The van der Waals surface area contributed by atoms with Crippen molar-refractivity contribution in [3.05, 3.63) is 48.4 Å². The standard InChI is InChI=1S/C14H16N6/c15-5-2-8-20(11-12-3-1-6-17-10-12)13-4-7-18-14(9-13)19-16/h1,3-4,6-7,9-10H,2,8,11,16H2,(H,18,19). The fourth-order valence-corrected chi connectivity index (χ4v) is 1.89. The average Bonchev–Trinajstić information content (AvgIpc) is 2.52. The minimum Gasteiger partial charge on any atom is -0.366 e. The van der Waals surface area contributed by atoms with E-state index in [1.165, 1.54) is 0 Å². The third-order valence-corrected chi connectivity index (χ3v) is 2.85.